The highest BCUT2D eigenvalue weighted by Gasteiger charge is 2.26. The summed E-state index contributed by atoms with van der Waals surface area (Å²) < 4.78 is 7.12. The average molecular weight is 279 g/mol. The first-order valence-corrected chi connectivity index (χ1v) is 6.79. The number of aldehydes is 1. The molecule has 0 spiro atoms. The molecule has 0 unspecified atom stereocenters. The van der Waals surface area contributed by atoms with E-state index in [1.807, 2.05) is 27.8 Å². The first kappa shape index (κ1) is 14.6. The van der Waals surface area contributed by atoms with E-state index in [-0.39, 0.29) is 6.09 Å². The maximum absolute atomic E-state index is 12.1. The van der Waals surface area contributed by atoms with E-state index in [2.05, 4.69) is 5.10 Å². The van der Waals surface area contributed by atoms with E-state index in [1.54, 1.807) is 9.58 Å². The molecule has 0 radical (unpaired) electrons. The quantitative estimate of drug-likeness (QED) is 0.732. The van der Waals surface area contributed by atoms with Crippen LogP contribution in [0.25, 0.3) is 0 Å². The number of rotatable bonds is 1. The fraction of sp³-hybridized carbons (Fsp3) is 0.643. The molecule has 0 aromatic carbocycles. The van der Waals surface area contributed by atoms with Gasteiger partial charge in [-0.1, -0.05) is 0 Å². The van der Waals surface area contributed by atoms with Crippen LogP contribution in [-0.4, -0.2) is 45.8 Å². The molecule has 0 bridgehead atoms. The zero-order chi connectivity index (χ0) is 14.9. The summed E-state index contributed by atoms with van der Waals surface area (Å²) in [7, 11) is 1.83. The van der Waals surface area contributed by atoms with E-state index in [4.69, 9.17) is 4.74 Å². The number of fused-ring (bicyclic) bond motifs is 1. The molecule has 1 aromatic heterocycles. The Kier molecular flexibility index (Phi) is 3.83. The number of carbonyl (C=O) groups excluding carboxylic acids is 2. The zero-order valence-corrected chi connectivity index (χ0v) is 12.5. The van der Waals surface area contributed by atoms with Gasteiger partial charge in [-0.05, 0) is 27.2 Å². The van der Waals surface area contributed by atoms with Gasteiger partial charge in [0.05, 0.1) is 0 Å². The van der Waals surface area contributed by atoms with Crippen LogP contribution in [0.2, 0.25) is 0 Å². The standard InChI is InChI=1S/C14H21N3O3/c1-14(2,3)20-13(19)17-7-5-10-11(9-18)15-16(4)12(10)6-8-17/h9H,5-8H2,1-4H3. The van der Waals surface area contributed by atoms with Crippen molar-refractivity contribution in [2.75, 3.05) is 13.1 Å². The average Bonchev–Trinajstić information content (AvgIpc) is 2.53. The third-order valence-electron chi connectivity index (χ3n) is 3.32. The highest BCUT2D eigenvalue weighted by molar-refractivity contribution is 5.75. The highest BCUT2D eigenvalue weighted by Crippen LogP contribution is 2.19. The summed E-state index contributed by atoms with van der Waals surface area (Å²) in [5.74, 6) is 0. The number of hydrogen-bond acceptors (Lipinski definition) is 4. The van der Waals surface area contributed by atoms with Gasteiger partial charge >= 0.3 is 6.09 Å². The number of hydrogen-bond donors (Lipinski definition) is 0. The van der Waals surface area contributed by atoms with Crippen molar-refractivity contribution in [3.05, 3.63) is 17.0 Å². The minimum atomic E-state index is -0.494. The van der Waals surface area contributed by atoms with Crippen molar-refractivity contribution in [2.24, 2.45) is 7.05 Å². The second kappa shape index (κ2) is 5.26. The summed E-state index contributed by atoms with van der Waals surface area (Å²) >= 11 is 0. The van der Waals surface area contributed by atoms with Crippen molar-refractivity contribution in [3.8, 4) is 0 Å². The number of nitrogens with zero attached hydrogens (tertiary/aromatic N) is 3. The fourth-order valence-electron chi connectivity index (χ4n) is 2.41. The molecule has 0 aliphatic carbocycles. The smallest absolute Gasteiger partial charge is 0.410 e. The van der Waals surface area contributed by atoms with Gasteiger partial charge in [0.15, 0.2) is 6.29 Å². The Morgan fingerprint density at radius 2 is 1.95 bits per heavy atom. The summed E-state index contributed by atoms with van der Waals surface area (Å²) in [6, 6.07) is 0. The topological polar surface area (TPSA) is 64.4 Å². The second-order valence-corrected chi connectivity index (χ2v) is 6.02. The Morgan fingerprint density at radius 3 is 2.55 bits per heavy atom. The number of amides is 1. The molecule has 1 aliphatic rings. The molecule has 0 N–H and O–H groups in total. The van der Waals surface area contributed by atoms with Crippen LogP contribution in [0, 0.1) is 0 Å². The minimum Gasteiger partial charge on any atom is -0.444 e. The van der Waals surface area contributed by atoms with Crippen LogP contribution >= 0.6 is 0 Å². The maximum atomic E-state index is 12.1. The van der Waals surface area contributed by atoms with E-state index >= 15 is 0 Å². The Bertz CT molecular complexity index is 529. The molecular weight excluding hydrogens is 258 g/mol. The predicted octanol–water partition coefficient (Wildman–Crippen LogP) is 1.57. The van der Waals surface area contributed by atoms with Gasteiger partial charge in [0.25, 0.3) is 0 Å². The molecule has 2 rings (SSSR count). The van der Waals surface area contributed by atoms with E-state index in [0.29, 0.717) is 31.6 Å². The monoisotopic (exact) mass is 279 g/mol. The van der Waals surface area contributed by atoms with E-state index in [0.717, 1.165) is 17.5 Å². The van der Waals surface area contributed by atoms with Crippen LogP contribution in [0.5, 0.6) is 0 Å². The second-order valence-electron chi connectivity index (χ2n) is 6.02. The number of ether oxygens (including phenoxy) is 1. The summed E-state index contributed by atoms with van der Waals surface area (Å²) in [5, 5.41) is 4.20. The van der Waals surface area contributed by atoms with Gasteiger partial charge in [-0.25, -0.2) is 4.79 Å². The fourth-order valence-corrected chi connectivity index (χ4v) is 2.41. The maximum Gasteiger partial charge on any atom is 0.410 e. The third-order valence-corrected chi connectivity index (χ3v) is 3.32. The van der Waals surface area contributed by atoms with E-state index < -0.39 is 5.60 Å². The Labute approximate surface area is 118 Å². The van der Waals surface area contributed by atoms with Crippen molar-refractivity contribution in [1.29, 1.82) is 0 Å². The lowest BCUT2D eigenvalue weighted by atomic mass is 10.1. The number of aryl methyl sites for hydroxylation is 1. The summed E-state index contributed by atoms with van der Waals surface area (Å²) in [5.41, 5.74) is 1.96. The largest absolute Gasteiger partial charge is 0.444 e. The summed E-state index contributed by atoms with van der Waals surface area (Å²) in [6.45, 7) is 6.69. The SMILES string of the molecule is Cn1nc(C=O)c2c1CCN(C(=O)OC(C)(C)C)CC2. The van der Waals surface area contributed by atoms with Crippen molar-refractivity contribution in [3.63, 3.8) is 0 Å². The highest BCUT2D eigenvalue weighted by atomic mass is 16.6. The van der Waals surface area contributed by atoms with Crippen LogP contribution < -0.4 is 0 Å². The molecule has 0 fully saturated rings. The molecular formula is C14H21N3O3. The Morgan fingerprint density at radius 1 is 1.30 bits per heavy atom. The molecule has 0 atom stereocenters. The zero-order valence-electron chi connectivity index (χ0n) is 12.5. The summed E-state index contributed by atoms with van der Waals surface area (Å²) in [4.78, 5) is 24.8. The molecule has 6 heteroatoms. The van der Waals surface area contributed by atoms with Crippen LogP contribution in [0.4, 0.5) is 4.79 Å². The van der Waals surface area contributed by atoms with Gasteiger partial charge in [-0.2, -0.15) is 5.10 Å². The first-order chi connectivity index (χ1) is 9.31. The van der Waals surface area contributed by atoms with Gasteiger partial charge in [-0.3, -0.25) is 9.48 Å². The lowest BCUT2D eigenvalue weighted by Gasteiger charge is -2.26. The molecule has 6 nitrogen and oxygen atoms in total. The normalized spacial score (nSPS) is 15.5. The van der Waals surface area contributed by atoms with Gasteiger partial charge in [0.2, 0.25) is 0 Å². The lowest BCUT2D eigenvalue weighted by molar-refractivity contribution is 0.0258. The van der Waals surface area contributed by atoms with Gasteiger partial charge in [0, 0.05) is 37.8 Å². The van der Waals surface area contributed by atoms with Crippen LogP contribution in [0.1, 0.15) is 42.5 Å². The molecule has 2 heterocycles. The van der Waals surface area contributed by atoms with Crippen molar-refractivity contribution in [2.45, 2.75) is 39.2 Å². The number of aromatic nitrogens is 2. The Hall–Kier alpha value is -1.85. The van der Waals surface area contributed by atoms with Crippen molar-refractivity contribution in [1.82, 2.24) is 14.7 Å². The summed E-state index contributed by atoms with van der Waals surface area (Å²) in [6.07, 6.45) is 1.80. The molecule has 1 aromatic rings. The van der Waals surface area contributed by atoms with Crippen LogP contribution in [0.3, 0.4) is 0 Å². The van der Waals surface area contributed by atoms with Gasteiger partial charge < -0.3 is 9.64 Å². The molecule has 110 valence electrons. The number of carbonyl (C=O) groups is 2. The van der Waals surface area contributed by atoms with Crippen LogP contribution in [-0.2, 0) is 24.6 Å². The first-order valence-electron chi connectivity index (χ1n) is 6.79. The molecule has 1 amide bonds. The van der Waals surface area contributed by atoms with Gasteiger partial charge in [-0.15, -0.1) is 0 Å². The Balaban J connectivity index is 2.12. The van der Waals surface area contributed by atoms with Gasteiger partial charge in [0.1, 0.15) is 11.3 Å². The molecule has 20 heavy (non-hydrogen) atoms. The predicted molar refractivity (Wildman–Crippen MR) is 73.8 cm³/mol. The van der Waals surface area contributed by atoms with Crippen LogP contribution in [0.15, 0.2) is 0 Å². The van der Waals surface area contributed by atoms with E-state index in [9.17, 15) is 9.59 Å². The third kappa shape index (κ3) is 3.00. The van der Waals surface area contributed by atoms with Crippen molar-refractivity contribution < 1.29 is 14.3 Å². The van der Waals surface area contributed by atoms with E-state index in [1.165, 1.54) is 0 Å². The molecule has 1 aliphatic heterocycles. The molecule has 0 saturated carbocycles. The minimum absolute atomic E-state index is 0.300. The molecule has 0 saturated heterocycles. The lowest BCUT2D eigenvalue weighted by Crippen LogP contribution is -2.38. The van der Waals surface area contributed by atoms with Crippen molar-refractivity contribution >= 4 is 12.4 Å².